The Morgan fingerprint density at radius 2 is 2.14 bits per heavy atom. The van der Waals surface area contributed by atoms with Crippen molar-refractivity contribution < 1.29 is 9.53 Å². The first-order valence-corrected chi connectivity index (χ1v) is 9.31. The average molecular weight is 511 g/mol. The fourth-order valence-corrected chi connectivity index (χ4v) is 4.46. The highest BCUT2D eigenvalue weighted by Crippen LogP contribution is 2.32. The molecule has 0 spiro atoms. The van der Waals surface area contributed by atoms with Crippen LogP contribution in [-0.4, -0.2) is 18.7 Å². The second kappa shape index (κ2) is 8.24. The minimum atomic E-state index is -0.318. The molecule has 0 atom stereocenters. The van der Waals surface area contributed by atoms with Crippen LogP contribution < -0.4 is 10.2 Å². The summed E-state index contributed by atoms with van der Waals surface area (Å²) in [5.74, 6) is 0.325. The Kier molecular flexibility index (Phi) is 6.61. The summed E-state index contributed by atoms with van der Waals surface area (Å²) in [7, 11) is 0. The molecule has 0 saturated carbocycles. The van der Waals surface area contributed by atoms with Gasteiger partial charge in [-0.05, 0) is 68.6 Å². The van der Waals surface area contributed by atoms with Gasteiger partial charge in [0.2, 0.25) is 0 Å². The van der Waals surface area contributed by atoms with Crippen molar-refractivity contribution in [2.24, 2.45) is 5.10 Å². The molecular weight excluding hydrogens is 500 g/mol. The second-order valence-corrected chi connectivity index (χ2v) is 8.52. The van der Waals surface area contributed by atoms with Gasteiger partial charge in [0.05, 0.1) is 14.5 Å². The highest BCUT2D eigenvalue weighted by Gasteiger charge is 2.09. The number of aryl methyl sites for hydroxylation is 1. The highest BCUT2D eigenvalue weighted by atomic mass is 79.9. The Morgan fingerprint density at radius 3 is 2.77 bits per heavy atom. The van der Waals surface area contributed by atoms with E-state index in [0.717, 1.165) is 23.2 Å². The van der Waals surface area contributed by atoms with Crippen LogP contribution in [0, 0.1) is 6.92 Å². The summed E-state index contributed by atoms with van der Waals surface area (Å²) in [6, 6.07) is 7.62. The quantitative estimate of drug-likeness (QED) is 0.461. The van der Waals surface area contributed by atoms with E-state index in [1.807, 2.05) is 31.2 Å². The molecule has 0 radical (unpaired) electrons. The fourth-order valence-electron chi connectivity index (χ4n) is 1.61. The maximum Gasteiger partial charge on any atom is 0.277 e. The molecule has 4 nitrogen and oxygen atoms in total. The molecule has 1 amide bonds. The molecule has 0 aliphatic heterocycles. The average Bonchev–Trinajstić information content (AvgIpc) is 2.83. The second-order valence-electron chi connectivity index (χ2n) is 4.26. The van der Waals surface area contributed by atoms with Gasteiger partial charge in [-0.2, -0.15) is 5.10 Å². The Balaban J connectivity index is 1.87. The largest absolute Gasteiger partial charge is 0.482 e. The van der Waals surface area contributed by atoms with E-state index in [0.29, 0.717) is 5.75 Å². The van der Waals surface area contributed by atoms with E-state index >= 15 is 0 Å². The van der Waals surface area contributed by atoms with Gasteiger partial charge in [0.15, 0.2) is 6.61 Å². The van der Waals surface area contributed by atoms with Crippen LogP contribution in [0.5, 0.6) is 5.75 Å². The zero-order valence-corrected chi connectivity index (χ0v) is 17.0. The number of carbonyl (C=O) groups is 1. The molecule has 0 bridgehead atoms. The minimum absolute atomic E-state index is 0.105. The fraction of sp³-hybridized carbons (Fsp3) is 0.143. The third-order valence-corrected chi connectivity index (χ3v) is 5.12. The van der Waals surface area contributed by atoms with Crippen molar-refractivity contribution in [2.75, 3.05) is 6.61 Å². The minimum Gasteiger partial charge on any atom is -0.482 e. The molecule has 0 aliphatic rings. The maximum atomic E-state index is 11.7. The number of hydrogen-bond acceptors (Lipinski definition) is 4. The molecule has 1 aromatic carbocycles. The number of hydrogen-bond donors (Lipinski definition) is 1. The summed E-state index contributed by atoms with van der Waals surface area (Å²) < 4.78 is 8.28. The number of benzene rings is 1. The van der Waals surface area contributed by atoms with Crippen molar-refractivity contribution in [3.05, 3.63) is 47.4 Å². The van der Waals surface area contributed by atoms with Crippen molar-refractivity contribution in [2.45, 2.75) is 6.92 Å². The zero-order valence-electron chi connectivity index (χ0n) is 11.4. The van der Waals surface area contributed by atoms with Crippen LogP contribution in [0.1, 0.15) is 10.4 Å². The van der Waals surface area contributed by atoms with Gasteiger partial charge in [-0.15, -0.1) is 11.3 Å². The molecule has 8 heteroatoms. The van der Waals surface area contributed by atoms with Crippen LogP contribution in [0.25, 0.3) is 0 Å². The number of rotatable bonds is 5. The number of nitrogens with zero attached hydrogens (tertiary/aromatic N) is 1. The normalized spacial score (nSPS) is 10.9. The lowest BCUT2D eigenvalue weighted by Gasteiger charge is -2.10. The molecule has 2 rings (SSSR count). The Hall–Kier alpha value is -0.700. The molecule has 1 heterocycles. The van der Waals surface area contributed by atoms with E-state index in [-0.39, 0.29) is 12.5 Å². The monoisotopic (exact) mass is 508 g/mol. The lowest BCUT2D eigenvalue weighted by Crippen LogP contribution is -2.24. The van der Waals surface area contributed by atoms with E-state index < -0.39 is 0 Å². The predicted molar refractivity (Wildman–Crippen MR) is 99.8 cm³/mol. The van der Waals surface area contributed by atoms with E-state index in [1.165, 1.54) is 11.3 Å². The number of halogens is 3. The molecule has 22 heavy (non-hydrogen) atoms. The van der Waals surface area contributed by atoms with Crippen molar-refractivity contribution >= 4 is 71.2 Å². The van der Waals surface area contributed by atoms with Gasteiger partial charge >= 0.3 is 0 Å². The summed E-state index contributed by atoms with van der Waals surface area (Å²) >= 11 is 11.7. The third-order valence-electron chi connectivity index (χ3n) is 2.52. The lowest BCUT2D eigenvalue weighted by atomic mass is 10.2. The first kappa shape index (κ1) is 17.7. The summed E-state index contributed by atoms with van der Waals surface area (Å²) in [6.45, 7) is 1.81. The number of ether oxygens (including phenoxy) is 1. The Morgan fingerprint density at radius 1 is 1.36 bits per heavy atom. The molecular formula is C14H11Br3N2O2S. The number of amides is 1. The molecule has 0 unspecified atom stereocenters. The van der Waals surface area contributed by atoms with E-state index in [9.17, 15) is 4.79 Å². The Labute approximate surface area is 157 Å². The molecule has 0 aliphatic carbocycles. The molecule has 0 fully saturated rings. The van der Waals surface area contributed by atoms with Crippen LogP contribution >= 0.6 is 59.1 Å². The molecule has 116 valence electrons. The summed E-state index contributed by atoms with van der Waals surface area (Å²) in [5.41, 5.74) is 3.36. The van der Waals surface area contributed by atoms with Crippen molar-refractivity contribution in [3.8, 4) is 5.75 Å². The highest BCUT2D eigenvalue weighted by molar-refractivity contribution is 9.11. The van der Waals surface area contributed by atoms with Crippen LogP contribution in [0.15, 0.2) is 42.1 Å². The topological polar surface area (TPSA) is 50.7 Å². The first-order chi connectivity index (χ1) is 10.5. The van der Waals surface area contributed by atoms with Gasteiger partial charge in [-0.1, -0.05) is 15.9 Å². The van der Waals surface area contributed by atoms with Gasteiger partial charge in [-0.25, -0.2) is 5.43 Å². The van der Waals surface area contributed by atoms with E-state index in [4.69, 9.17) is 4.74 Å². The van der Waals surface area contributed by atoms with Gasteiger partial charge in [0.25, 0.3) is 5.91 Å². The van der Waals surface area contributed by atoms with Crippen LogP contribution in [0.2, 0.25) is 0 Å². The van der Waals surface area contributed by atoms with Crippen molar-refractivity contribution in [3.63, 3.8) is 0 Å². The lowest BCUT2D eigenvalue weighted by molar-refractivity contribution is -0.123. The number of hydrazone groups is 1. The smallest absolute Gasteiger partial charge is 0.277 e. The molecule has 0 saturated heterocycles. The van der Waals surface area contributed by atoms with Gasteiger partial charge in [-0.3, -0.25) is 4.79 Å². The number of nitrogens with one attached hydrogen (secondary N) is 1. The third kappa shape index (κ3) is 5.19. The molecule has 1 N–H and O–H groups in total. The first-order valence-electron chi connectivity index (χ1n) is 6.11. The summed E-state index contributed by atoms with van der Waals surface area (Å²) in [5, 5.41) is 3.89. The SMILES string of the molecule is Cc1cc(Br)cc(Br)c1OCC(=O)N/N=C/c1ccc(Br)s1. The predicted octanol–water partition coefficient (Wildman–Crippen LogP) is 4.87. The van der Waals surface area contributed by atoms with E-state index in [2.05, 4.69) is 58.3 Å². The van der Waals surface area contributed by atoms with Gasteiger partial charge in [0, 0.05) is 9.35 Å². The molecule has 1 aromatic heterocycles. The standard InChI is InChI=1S/C14H11Br3N2O2S/c1-8-4-9(15)5-11(16)14(8)21-7-13(20)19-18-6-10-2-3-12(17)22-10/h2-6H,7H2,1H3,(H,19,20)/b18-6+. The summed E-state index contributed by atoms with van der Waals surface area (Å²) in [4.78, 5) is 12.7. The van der Waals surface area contributed by atoms with Crippen molar-refractivity contribution in [1.29, 1.82) is 0 Å². The van der Waals surface area contributed by atoms with Crippen LogP contribution in [0.3, 0.4) is 0 Å². The van der Waals surface area contributed by atoms with Gasteiger partial charge in [0.1, 0.15) is 5.75 Å². The van der Waals surface area contributed by atoms with Gasteiger partial charge < -0.3 is 4.74 Å². The van der Waals surface area contributed by atoms with Crippen LogP contribution in [0.4, 0.5) is 0 Å². The van der Waals surface area contributed by atoms with E-state index in [1.54, 1.807) is 6.21 Å². The maximum absolute atomic E-state index is 11.7. The number of thiophene rings is 1. The van der Waals surface area contributed by atoms with Crippen LogP contribution in [-0.2, 0) is 4.79 Å². The zero-order chi connectivity index (χ0) is 16.1. The van der Waals surface area contributed by atoms with Crippen molar-refractivity contribution in [1.82, 2.24) is 5.43 Å². The molecule has 2 aromatic rings. The summed E-state index contributed by atoms with van der Waals surface area (Å²) in [6.07, 6.45) is 1.59. The Bertz CT molecular complexity index is 693. The number of carbonyl (C=O) groups excluding carboxylic acids is 1.